The number of rotatable bonds is 5. The maximum absolute atomic E-state index is 13.5. The zero-order chi connectivity index (χ0) is 19.3. The second-order valence-corrected chi connectivity index (χ2v) is 8.43. The fraction of sp³-hybridized carbons (Fsp3) is 0.579. The van der Waals surface area contributed by atoms with Crippen LogP contribution in [-0.2, 0) is 6.42 Å². The Bertz CT molecular complexity index is 889. The van der Waals surface area contributed by atoms with E-state index >= 15 is 0 Å². The van der Waals surface area contributed by atoms with Gasteiger partial charge in [-0.15, -0.1) is 0 Å². The molecule has 0 bridgehead atoms. The number of halogens is 1. The maximum atomic E-state index is 13.5. The van der Waals surface area contributed by atoms with Gasteiger partial charge in [0, 0.05) is 16.2 Å². The van der Waals surface area contributed by atoms with Gasteiger partial charge in [0.1, 0.15) is 13.8 Å². The molecule has 3 atom stereocenters. The summed E-state index contributed by atoms with van der Waals surface area (Å²) in [5.74, 6) is 1.28. The summed E-state index contributed by atoms with van der Waals surface area (Å²) in [5, 5.41) is 7.40. The van der Waals surface area contributed by atoms with E-state index in [1.165, 1.54) is 4.73 Å². The van der Waals surface area contributed by atoms with Gasteiger partial charge in [0.15, 0.2) is 5.69 Å². The Balaban J connectivity index is 1.71. The quantitative estimate of drug-likeness (QED) is 0.803. The molecule has 27 heavy (non-hydrogen) atoms. The molecule has 0 unspecified atom stereocenters. The third-order valence-corrected chi connectivity index (χ3v) is 5.57. The normalized spacial score (nSPS) is 21.4. The summed E-state index contributed by atoms with van der Waals surface area (Å²) in [5.41, 5.74) is 2.03. The zero-order valence-corrected chi connectivity index (χ0v) is 16.1. The van der Waals surface area contributed by atoms with E-state index in [0.29, 0.717) is 23.3 Å². The van der Waals surface area contributed by atoms with E-state index < -0.39 is 12.7 Å². The number of carbonyl (C=O) groups excluding carboxylic acids is 1. The van der Waals surface area contributed by atoms with Gasteiger partial charge in [-0.2, -0.15) is 5.10 Å². The van der Waals surface area contributed by atoms with E-state index in [0.717, 1.165) is 24.1 Å². The third-order valence-electron chi connectivity index (χ3n) is 5.57. The molecule has 2 aromatic rings. The van der Waals surface area contributed by atoms with Crippen molar-refractivity contribution in [3.63, 3.8) is 0 Å². The summed E-state index contributed by atoms with van der Waals surface area (Å²) >= 11 is 0. The number of hydrogen-bond acceptors (Lipinski definition) is 4. The number of nitrogens with one attached hydrogen (secondary N) is 1. The van der Waals surface area contributed by atoms with Crippen molar-refractivity contribution in [2.75, 3.05) is 13.8 Å². The van der Waals surface area contributed by atoms with Crippen LogP contribution in [0.1, 0.15) is 54.9 Å². The predicted molar refractivity (Wildman–Crippen MR) is 95.3 cm³/mol. The lowest BCUT2D eigenvalue weighted by molar-refractivity contribution is -0.885. The predicted octanol–water partition coefficient (Wildman–Crippen LogP) is 1.39. The molecular weight excluding hydrogens is 349 g/mol. The van der Waals surface area contributed by atoms with Crippen molar-refractivity contribution in [2.45, 2.75) is 45.6 Å². The number of fused-ring (bicyclic) bond motifs is 3. The second-order valence-electron chi connectivity index (χ2n) is 8.43. The Morgan fingerprint density at radius 1 is 1.52 bits per heavy atom. The van der Waals surface area contributed by atoms with E-state index in [4.69, 9.17) is 4.84 Å². The number of aromatic nitrogens is 4. The van der Waals surface area contributed by atoms with Crippen LogP contribution in [0.3, 0.4) is 0 Å². The van der Waals surface area contributed by atoms with Crippen LogP contribution in [0.2, 0.25) is 0 Å². The van der Waals surface area contributed by atoms with Crippen molar-refractivity contribution in [1.82, 2.24) is 20.1 Å². The molecule has 4 rings (SSSR count). The average molecular weight is 374 g/mol. The lowest BCUT2D eigenvalue weighted by Gasteiger charge is -2.28. The molecule has 0 aromatic carbocycles. The van der Waals surface area contributed by atoms with E-state index in [2.05, 4.69) is 15.4 Å². The summed E-state index contributed by atoms with van der Waals surface area (Å²) in [7, 11) is 1.57. The lowest BCUT2D eigenvalue weighted by atomic mass is 9.87. The van der Waals surface area contributed by atoms with E-state index in [-0.39, 0.29) is 11.3 Å². The zero-order valence-electron chi connectivity index (χ0n) is 16.1. The highest BCUT2D eigenvalue weighted by atomic mass is 19.1. The molecule has 0 spiro atoms. The maximum Gasteiger partial charge on any atom is 0.272 e. The van der Waals surface area contributed by atoms with Gasteiger partial charge in [0.25, 0.3) is 12.1 Å². The molecule has 2 aliphatic carbocycles. The molecule has 1 N–H and O–H groups in total. The van der Waals surface area contributed by atoms with Gasteiger partial charge in [0.2, 0.25) is 12.0 Å². The van der Waals surface area contributed by atoms with Gasteiger partial charge in [-0.3, -0.25) is 9.63 Å². The highest BCUT2D eigenvalue weighted by Crippen LogP contribution is 2.57. The van der Waals surface area contributed by atoms with Crippen LogP contribution in [0.25, 0.3) is 5.82 Å². The molecule has 2 aromatic heterocycles. The first-order chi connectivity index (χ1) is 12.8. The van der Waals surface area contributed by atoms with Crippen LogP contribution in [0.5, 0.6) is 0 Å². The summed E-state index contributed by atoms with van der Waals surface area (Å²) in [4.78, 5) is 22.5. The molecule has 2 aliphatic rings. The Labute approximate surface area is 157 Å². The van der Waals surface area contributed by atoms with Crippen molar-refractivity contribution >= 4 is 5.91 Å². The molecule has 7 nitrogen and oxygen atoms in total. The van der Waals surface area contributed by atoms with Crippen LogP contribution in [0.15, 0.2) is 18.6 Å². The third kappa shape index (κ3) is 3.07. The number of carbonyl (C=O) groups is 1. The standard InChI is InChI=1S/C19H24FN5O2/c1-19(2,3)14(9-20)22-18(26)16-13-8-11-7-12(11)17(13)25(23-16)15-10-24(27-4)6-5-21-15/h5-6,10-12,14H,7-9H2,1-4H3/p+1/t11-,12-,14-/m1/s1. The van der Waals surface area contributed by atoms with Crippen LogP contribution in [-0.4, -0.2) is 40.5 Å². The van der Waals surface area contributed by atoms with Gasteiger partial charge in [-0.1, -0.05) is 20.8 Å². The number of alkyl halides is 1. The first-order valence-electron chi connectivity index (χ1n) is 9.24. The average Bonchev–Trinajstić information content (AvgIpc) is 3.14. The summed E-state index contributed by atoms with van der Waals surface area (Å²) in [6.07, 6.45) is 7.01. The minimum absolute atomic E-state index is 0.320. The molecule has 1 saturated carbocycles. The monoisotopic (exact) mass is 374 g/mol. The summed E-state index contributed by atoms with van der Waals surface area (Å²) in [6.45, 7) is 5.12. The van der Waals surface area contributed by atoms with Crippen LogP contribution < -0.4 is 14.9 Å². The molecule has 1 fully saturated rings. The molecule has 144 valence electrons. The molecular formula is C19H25FN5O2+. The minimum atomic E-state index is -0.614. The summed E-state index contributed by atoms with van der Waals surface area (Å²) in [6, 6.07) is -0.563. The van der Waals surface area contributed by atoms with Crippen LogP contribution >= 0.6 is 0 Å². The van der Waals surface area contributed by atoms with E-state index in [1.54, 1.807) is 30.4 Å². The van der Waals surface area contributed by atoms with Gasteiger partial charge in [-0.05, 0) is 24.2 Å². The van der Waals surface area contributed by atoms with E-state index in [1.807, 2.05) is 20.8 Å². The lowest BCUT2D eigenvalue weighted by Crippen LogP contribution is -2.45. The molecule has 2 heterocycles. The van der Waals surface area contributed by atoms with E-state index in [9.17, 15) is 9.18 Å². The number of hydrogen-bond donors (Lipinski definition) is 1. The SMILES string of the molecule is CO[n+]1ccnc(-n2nc(C(=O)N[C@H](CF)C(C)(C)C)c3c2[C@@H]2C[C@@H]2C3)c1. The minimum Gasteiger partial charge on any atom is -0.345 e. The van der Waals surface area contributed by atoms with Gasteiger partial charge < -0.3 is 5.32 Å². The van der Waals surface area contributed by atoms with Gasteiger partial charge in [-0.25, -0.2) is 14.1 Å². The van der Waals surface area contributed by atoms with Gasteiger partial charge >= 0.3 is 0 Å². The molecule has 0 saturated heterocycles. The van der Waals surface area contributed by atoms with Crippen molar-refractivity contribution < 1.29 is 18.8 Å². The van der Waals surface area contributed by atoms with Crippen molar-refractivity contribution in [3.05, 3.63) is 35.5 Å². The highest BCUT2D eigenvalue weighted by molar-refractivity contribution is 5.94. The second kappa shape index (κ2) is 6.28. The molecule has 0 aliphatic heterocycles. The first-order valence-corrected chi connectivity index (χ1v) is 9.24. The number of amides is 1. The highest BCUT2D eigenvalue weighted by Gasteiger charge is 2.50. The molecule has 0 radical (unpaired) electrons. The van der Waals surface area contributed by atoms with Crippen molar-refractivity contribution in [3.8, 4) is 5.82 Å². The Morgan fingerprint density at radius 3 is 2.96 bits per heavy atom. The summed E-state index contributed by atoms with van der Waals surface area (Å²) < 4.78 is 16.7. The number of nitrogens with zero attached hydrogens (tertiary/aromatic N) is 4. The Hall–Kier alpha value is -2.51. The first kappa shape index (κ1) is 17.9. The smallest absolute Gasteiger partial charge is 0.272 e. The van der Waals surface area contributed by atoms with Crippen LogP contribution in [0, 0.1) is 11.3 Å². The fourth-order valence-corrected chi connectivity index (χ4v) is 3.77. The van der Waals surface area contributed by atoms with Crippen molar-refractivity contribution in [1.29, 1.82) is 0 Å². The van der Waals surface area contributed by atoms with Crippen molar-refractivity contribution in [2.24, 2.45) is 11.3 Å². The largest absolute Gasteiger partial charge is 0.345 e. The molecule has 1 amide bonds. The molecule has 8 heteroatoms. The Kier molecular flexibility index (Phi) is 4.16. The topological polar surface area (TPSA) is 72.9 Å². The van der Waals surface area contributed by atoms with Gasteiger partial charge in [0.05, 0.1) is 17.9 Å². The fourth-order valence-electron chi connectivity index (χ4n) is 3.77. The van der Waals surface area contributed by atoms with Crippen LogP contribution in [0.4, 0.5) is 4.39 Å². The Morgan fingerprint density at radius 2 is 2.30 bits per heavy atom.